The first kappa shape index (κ1) is 37.3. The number of aliphatic hydroxyl groups is 1. The molecule has 1 N–H and O–H groups in total. The Kier molecular flexibility index (Phi) is 15.5. The maximum absolute atomic E-state index is 13.0. The van der Waals surface area contributed by atoms with Gasteiger partial charge in [-0.05, 0) is 29.6 Å². The summed E-state index contributed by atoms with van der Waals surface area (Å²) < 4.78 is 28.6. The number of esters is 5. The molecule has 0 aromatic carbocycles. The molecule has 1 aliphatic carbocycles. The molecule has 0 heterocycles. The number of carbonyl (C=O) groups is 5. The first-order valence-electron chi connectivity index (χ1n) is 15.1. The van der Waals surface area contributed by atoms with Gasteiger partial charge in [0.15, 0.2) is 30.5 Å². The van der Waals surface area contributed by atoms with Crippen LogP contribution in [0.5, 0.6) is 0 Å². The Morgan fingerprint density at radius 2 is 0.571 bits per heavy atom. The Morgan fingerprint density at radius 1 is 0.405 bits per heavy atom. The van der Waals surface area contributed by atoms with Gasteiger partial charge in [0.1, 0.15) is 6.10 Å². The first-order valence-corrected chi connectivity index (χ1v) is 15.1. The van der Waals surface area contributed by atoms with Gasteiger partial charge in [-0.2, -0.15) is 0 Å². The van der Waals surface area contributed by atoms with Crippen molar-refractivity contribution in [1.29, 1.82) is 0 Å². The van der Waals surface area contributed by atoms with Gasteiger partial charge in [-0.15, -0.1) is 0 Å². The van der Waals surface area contributed by atoms with Crippen LogP contribution >= 0.6 is 0 Å². The minimum absolute atomic E-state index is 0.0156. The zero-order chi connectivity index (χ0) is 32.3. The number of carbonyl (C=O) groups excluding carboxylic acids is 5. The van der Waals surface area contributed by atoms with Crippen molar-refractivity contribution in [2.24, 2.45) is 29.6 Å². The summed E-state index contributed by atoms with van der Waals surface area (Å²) in [4.78, 5) is 64.5. The summed E-state index contributed by atoms with van der Waals surface area (Å²) in [5.41, 5.74) is 0. The molecule has 1 fully saturated rings. The van der Waals surface area contributed by atoms with E-state index >= 15 is 0 Å². The summed E-state index contributed by atoms with van der Waals surface area (Å²) >= 11 is 0. The maximum Gasteiger partial charge on any atom is 0.306 e. The van der Waals surface area contributed by atoms with Crippen molar-refractivity contribution in [3.63, 3.8) is 0 Å². The van der Waals surface area contributed by atoms with Gasteiger partial charge in [-0.3, -0.25) is 24.0 Å². The van der Waals surface area contributed by atoms with Gasteiger partial charge in [-0.25, -0.2) is 0 Å². The number of rotatable bonds is 15. The summed E-state index contributed by atoms with van der Waals surface area (Å²) in [5.74, 6) is -3.97. The van der Waals surface area contributed by atoms with E-state index in [2.05, 4.69) is 0 Å². The van der Waals surface area contributed by atoms with Gasteiger partial charge in [-0.1, -0.05) is 69.2 Å². The lowest BCUT2D eigenvalue weighted by Gasteiger charge is -2.46. The van der Waals surface area contributed by atoms with Crippen LogP contribution in [0.3, 0.4) is 0 Å². The molecule has 1 aliphatic rings. The molecule has 1 rings (SSSR count). The molecule has 0 aliphatic heterocycles. The Morgan fingerprint density at radius 3 is 0.762 bits per heavy atom. The topological polar surface area (TPSA) is 152 Å². The summed E-state index contributed by atoms with van der Waals surface area (Å²) in [6, 6.07) is 0. The van der Waals surface area contributed by atoms with E-state index in [0.717, 1.165) is 0 Å². The zero-order valence-corrected chi connectivity index (χ0v) is 26.9. The van der Waals surface area contributed by atoms with E-state index < -0.39 is 66.5 Å². The Bertz CT molecular complexity index is 849. The van der Waals surface area contributed by atoms with Crippen molar-refractivity contribution in [2.75, 3.05) is 0 Å². The summed E-state index contributed by atoms with van der Waals surface area (Å²) in [7, 11) is 0. The van der Waals surface area contributed by atoms with Gasteiger partial charge in [0.25, 0.3) is 0 Å². The molecule has 0 aromatic rings. The van der Waals surface area contributed by atoms with Crippen LogP contribution in [-0.2, 0) is 47.7 Å². The molecule has 0 radical (unpaired) electrons. The Hall–Kier alpha value is -2.69. The predicted molar refractivity (Wildman–Crippen MR) is 153 cm³/mol. The van der Waals surface area contributed by atoms with Gasteiger partial charge in [0, 0.05) is 32.1 Å². The second-order valence-electron chi connectivity index (χ2n) is 13.3. The lowest BCUT2D eigenvalue weighted by molar-refractivity contribution is -0.258. The minimum atomic E-state index is -1.77. The lowest BCUT2D eigenvalue weighted by atomic mass is 9.83. The van der Waals surface area contributed by atoms with Crippen LogP contribution in [-0.4, -0.2) is 71.6 Å². The molecule has 0 spiro atoms. The second kappa shape index (κ2) is 17.4. The minimum Gasteiger partial charge on any atom is -0.455 e. The quantitative estimate of drug-likeness (QED) is 0.213. The Balaban J connectivity index is 3.74. The molecule has 42 heavy (non-hydrogen) atoms. The molecule has 0 saturated heterocycles. The van der Waals surface area contributed by atoms with Crippen LogP contribution < -0.4 is 0 Å². The van der Waals surface area contributed by atoms with Crippen LogP contribution in [0.2, 0.25) is 0 Å². The number of ether oxygens (including phenoxy) is 5. The fourth-order valence-corrected chi connectivity index (χ4v) is 4.48. The largest absolute Gasteiger partial charge is 0.455 e. The molecular weight excluding hydrogens is 548 g/mol. The Labute approximate surface area is 250 Å². The highest BCUT2D eigenvalue weighted by Gasteiger charge is 2.59. The van der Waals surface area contributed by atoms with E-state index in [9.17, 15) is 29.1 Å². The van der Waals surface area contributed by atoms with E-state index in [0.29, 0.717) is 0 Å². The number of aliphatic hydroxyl groups excluding tert-OH is 1. The molecule has 11 heteroatoms. The molecule has 0 bridgehead atoms. The fraction of sp³-hybridized carbons (Fsp3) is 0.839. The van der Waals surface area contributed by atoms with Gasteiger partial charge in [0.05, 0.1) is 0 Å². The summed E-state index contributed by atoms with van der Waals surface area (Å²) in [5, 5.41) is 11.5. The highest BCUT2D eigenvalue weighted by Crippen LogP contribution is 2.34. The molecule has 0 amide bonds. The molecule has 242 valence electrons. The highest BCUT2D eigenvalue weighted by molar-refractivity contribution is 5.73. The van der Waals surface area contributed by atoms with Gasteiger partial charge < -0.3 is 28.8 Å². The average molecular weight is 601 g/mol. The van der Waals surface area contributed by atoms with Crippen LogP contribution in [0, 0.1) is 29.6 Å². The molecular formula is C31H52O11. The molecule has 0 aromatic heterocycles. The summed E-state index contributed by atoms with van der Waals surface area (Å²) in [6.07, 6.45) is -9.66. The van der Waals surface area contributed by atoms with Crippen molar-refractivity contribution >= 4 is 29.8 Å². The smallest absolute Gasteiger partial charge is 0.306 e. The lowest BCUT2D eigenvalue weighted by Crippen LogP contribution is -2.68. The third-order valence-corrected chi connectivity index (χ3v) is 6.18. The van der Waals surface area contributed by atoms with Gasteiger partial charge >= 0.3 is 29.8 Å². The monoisotopic (exact) mass is 600 g/mol. The van der Waals surface area contributed by atoms with Crippen LogP contribution in [0.25, 0.3) is 0 Å². The van der Waals surface area contributed by atoms with Gasteiger partial charge in [0.2, 0.25) is 0 Å². The van der Waals surface area contributed by atoms with Crippen LogP contribution in [0.4, 0.5) is 0 Å². The van der Waals surface area contributed by atoms with Crippen molar-refractivity contribution in [2.45, 2.75) is 138 Å². The molecule has 11 nitrogen and oxygen atoms in total. The number of hydrogen-bond acceptors (Lipinski definition) is 11. The fourth-order valence-electron chi connectivity index (χ4n) is 4.48. The van der Waals surface area contributed by atoms with Crippen LogP contribution in [0.15, 0.2) is 0 Å². The zero-order valence-electron chi connectivity index (χ0n) is 26.9. The van der Waals surface area contributed by atoms with Crippen LogP contribution in [0.1, 0.15) is 101 Å². The van der Waals surface area contributed by atoms with Crippen molar-refractivity contribution in [3.05, 3.63) is 0 Å². The van der Waals surface area contributed by atoms with Crippen molar-refractivity contribution < 1.29 is 52.8 Å². The van der Waals surface area contributed by atoms with E-state index in [1.165, 1.54) is 0 Å². The third-order valence-electron chi connectivity index (χ3n) is 6.18. The maximum atomic E-state index is 13.0. The van der Waals surface area contributed by atoms with E-state index in [-0.39, 0.29) is 61.7 Å². The standard InChI is InChI=1S/C31H52O11/c1-16(2)11-21(32)38-27-26(37)28(39-22(33)12-17(3)4)30(41-24(35)14-19(7)8)31(42-25(36)15-20(9)10)29(27)40-23(34)13-18(5)6/h16-20,26-31,37H,11-15H2,1-10H3/t26?,27-,28+,29-,30+,31?. The van der Waals surface area contributed by atoms with E-state index in [1.54, 1.807) is 69.2 Å². The van der Waals surface area contributed by atoms with E-state index in [1.807, 2.05) is 0 Å². The highest BCUT2D eigenvalue weighted by atomic mass is 16.7. The summed E-state index contributed by atoms with van der Waals surface area (Å²) in [6.45, 7) is 18.0. The van der Waals surface area contributed by atoms with E-state index in [4.69, 9.17) is 23.7 Å². The molecule has 6 atom stereocenters. The predicted octanol–water partition coefficient (Wildman–Crippen LogP) is 4.15. The average Bonchev–Trinajstić information content (AvgIpc) is 2.78. The SMILES string of the molecule is CC(C)CC(=O)OC1[C@@H](OC(=O)CC(C)C)[C@@H](OC(=O)CC(C)C)C(O)[C@@H](OC(=O)CC(C)C)[C@H]1OC(=O)CC(C)C. The second-order valence-corrected chi connectivity index (χ2v) is 13.3. The van der Waals surface area contributed by atoms with Crippen molar-refractivity contribution in [3.8, 4) is 0 Å². The van der Waals surface area contributed by atoms with Crippen molar-refractivity contribution in [1.82, 2.24) is 0 Å². The normalized spacial score (nSPS) is 24.2. The first-order chi connectivity index (χ1) is 19.4. The number of hydrogen-bond donors (Lipinski definition) is 1. The molecule has 2 unspecified atom stereocenters. The third kappa shape index (κ3) is 13.1. The molecule has 1 saturated carbocycles.